The van der Waals surface area contributed by atoms with Crippen LogP contribution in [0.1, 0.15) is 27.2 Å². The maximum Gasteiger partial charge on any atom is 0.338 e. The van der Waals surface area contributed by atoms with E-state index >= 15 is 0 Å². The Bertz CT molecular complexity index is 1130. The lowest BCUT2D eigenvalue weighted by Crippen LogP contribution is -2.23. The summed E-state index contributed by atoms with van der Waals surface area (Å²) in [6.45, 7) is 1.06. The number of carbonyl (C=O) groups excluding carboxylic acids is 1. The summed E-state index contributed by atoms with van der Waals surface area (Å²) in [5.41, 5.74) is 0.349. The Morgan fingerprint density at radius 2 is 1.93 bits per heavy atom. The van der Waals surface area contributed by atoms with Gasteiger partial charge in [-0.3, -0.25) is 0 Å². The number of ether oxygens (including phenoxy) is 1. The highest BCUT2D eigenvalue weighted by atomic mass is 32.2. The maximum atomic E-state index is 13.7. The Hall–Kier alpha value is -3.04. The Kier molecular flexibility index (Phi) is 6.09. The standard InChI is InChI=1S/C20H17F2NO5S/c1-13-7-8-16(29(25,26)23-11-15-5-3-9-27-15)10-17(13)20(24)28-12-14-4-2-6-18(21)19(14)22/h2-10,23H,11-12H2,1H3. The quantitative estimate of drug-likeness (QED) is 0.588. The third kappa shape index (κ3) is 4.87. The molecule has 1 aromatic heterocycles. The summed E-state index contributed by atoms with van der Waals surface area (Å²) in [7, 11) is -3.92. The molecule has 9 heteroatoms. The molecule has 3 aromatic rings. The Balaban J connectivity index is 1.75. The molecular formula is C20H17F2NO5S. The van der Waals surface area contributed by atoms with Gasteiger partial charge in [-0.25, -0.2) is 26.7 Å². The zero-order chi connectivity index (χ0) is 21.0. The van der Waals surface area contributed by atoms with Gasteiger partial charge in [0.05, 0.1) is 23.3 Å². The summed E-state index contributed by atoms with van der Waals surface area (Å²) in [6.07, 6.45) is 1.42. The molecular weight excluding hydrogens is 404 g/mol. The van der Waals surface area contributed by atoms with E-state index < -0.39 is 34.2 Å². The van der Waals surface area contributed by atoms with Crippen LogP contribution in [-0.2, 0) is 27.9 Å². The van der Waals surface area contributed by atoms with Gasteiger partial charge in [0.2, 0.25) is 10.0 Å². The number of esters is 1. The molecule has 2 aromatic carbocycles. The molecule has 29 heavy (non-hydrogen) atoms. The van der Waals surface area contributed by atoms with E-state index in [1.807, 2.05) is 0 Å². The van der Waals surface area contributed by atoms with Crippen molar-refractivity contribution in [1.82, 2.24) is 4.72 Å². The lowest BCUT2D eigenvalue weighted by atomic mass is 10.1. The van der Waals surface area contributed by atoms with Crippen molar-refractivity contribution in [1.29, 1.82) is 0 Å². The highest BCUT2D eigenvalue weighted by Gasteiger charge is 2.20. The molecule has 0 aliphatic rings. The monoisotopic (exact) mass is 421 g/mol. The lowest BCUT2D eigenvalue weighted by Gasteiger charge is -2.11. The number of aryl methyl sites for hydroxylation is 1. The fourth-order valence-electron chi connectivity index (χ4n) is 2.53. The first-order valence-corrected chi connectivity index (χ1v) is 9.99. The van der Waals surface area contributed by atoms with Crippen LogP contribution in [0.3, 0.4) is 0 Å². The van der Waals surface area contributed by atoms with Crippen LogP contribution in [-0.4, -0.2) is 14.4 Å². The van der Waals surface area contributed by atoms with Crippen molar-refractivity contribution in [2.45, 2.75) is 25.0 Å². The van der Waals surface area contributed by atoms with Gasteiger partial charge in [0.1, 0.15) is 12.4 Å². The number of nitrogens with one attached hydrogen (secondary N) is 1. The van der Waals surface area contributed by atoms with E-state index in [2.05, 4.69) is 4.72 Å². The van der Waals surface area contributed by atoms with Crippen LogP contribution >= 0.6 is 0 Å². The van der Waals surface area contributed by atoms with Gasteiger partial charge in [0.15, 0.2) is 11.6 Å². The van der Waals surface area contributed by atoms with Crippen molar-refractivity contribution in [3.8, 4) is 0 Å². The van der Waals surface area contributed by atoms with Gasteiger partial charge in [0.25, 0.3) is 0 Å². The minimum Gasteiger partial charge on any atom is -0.468 e. The number of halogens is 2. The van der Waals surface area contributed by atoms with Crippen molar-refractivity contribution in [2.75, 3.05) is 0 Å². The Labute approximate surface area is 166 Å². The fourth-order valence-corrected chi connectivity index (χ4v) is 3.55. The summed E-state index contributed by atoms with van der Waals surface area (Å²) in [6, 6.07) is 10.8. The minimum absolute atomic E-state index is 0.00249. The van der Waals surface area contributed by atoms with Crippen LogP contribution in [0, 0.1) is 18.6 Å². The van der Waals surface area contributed by atoms with E-state index in [-0.39, 0.29) is 22.6 Å². The number of sulfonamides is 1. The van der Waals surface area contributed by atoms with Gasteiger partial charge in [-0.15, -0.1) is 0 Å². The van der Waals surface area contributed by atoms with Crippen molar-refractivity contribution >= 4 is 16.0 Å². The predicted molar refractivity (Wildman–Crippen MR) is 99.4 cm³/mol. The molecule has 0 amide bonds. The van der Waals surface area contributed by atoms with Gasteiger partial charge >= 0.3 is 5.97 Å². The smallest absolute Gasteiger partial charge is 0.338 e. The molecule has 0 aliphatic carbocycles. The molecule has 1 N–H and O–H groups in total. The molecule has 152 valence electrons. The average molecular weight is 421 g/mol. The zero-order valence-electron chi connectivity index (χ0n) is 15.3. The van der Waals surface area contributed by atoms with E-state index in [4.69, 9.17) is 9.15 Å². The van der Waals surface area contributed by atoms with E-state index in [1.54, 1.807) is 19.1 Å². The van der Waals surface area contributed by atoms with Crippen LogP contribution in [0.4, 0.5) is 8.78 Å². The SMILES string of the molecule is Cc1ccc(S(=O)(=O)NCc2ccco2)cc1C(=O)OCc1cccc(F)c1F. The number of hydrogen-bond acceptors (Lipinski definition) is 5. The Morgan fingerprint density at radius 1 is 1.14 bits per heavy atom. The van der Waals surface area contributed by atoms with Crippen LogP contribution in [0.15, 0.2) is 64.1 Å². The number of carbonyl (C=O) groups is 1. The number of benzene rings is 2. The van der Waals surface area contributed by atoms with E-state index in [0.717, 1.165) is 6.07 Å². The summed E-state index contributed by atoms with van der Waals surface area (Å²) in [5, 5.41) is 0. The number of hydrogen-bond donors (Lipinski definition) is 1. The molecule has 1 heterocycles. The topological polar surface area (TPSA) is 85.6 Å². The summed E-state index contributed by atoms with van der Waals surface area (Å²) < 4.78 is 64.4. The highest BCUT2D eigenvalue weighted by Crippen LogP contribution is 2.19. The normalized spacial score (nSPS) is 11.4. The van der Waals surface area contributed by atoms with E-state index in [0.29, 0.717) is 11.3 Å². The van der Waals surface area contributed by atoms with Gasteiger partial charge < -0.3 is 9.15 Å². The largest absolute Gasteiger partial charge is 0.468 e. The summed E-state index contributed by atoms with van der Waals surface area (Å²) in [5.74, 6) is -2.58. The lowest BCUT2D eigenvalue weighted by molar-refractivity contribution is 0.0467. The molecule has 0 saturated carbocycles. The van der Waals surface area contributed by atoms with Gasteiger partial charge in [-0.2, -0.15) is 0 Å². The van der Waals surface area contributed by atoms with Crippen LogP contribution in [0.25, 0.3) is 0 Å². The first-order chi connectivity index (χ1) is 13.8. The third-order valence-electron chi connectivity index (χ3n) is 4.15. The van der Waals surface area contributed by atoms with Crippen LogP contribution < -0.4 is 4.72 Å². The molecule has 0 spiro atoms. The van der Waals surface area contributed by atoms with Crippen LogP contribution in [0.5, 0.6) is 0 Å². The maximum absolute atomic E-state index is 13.7. The second kappa shape index (κ2) is 8.54. The molecule has 0 unspecified atom stereocenters. The molecule has 0 radical (unpaired) electrons. The molecule has 3 rings (SSSR count). The second-order valence-electron chi connectivity index (χ2n) is 6.17. The number of rotatable bonds is 7. The minimum atomic E-state index is -3.92. The van der Waals surface area contributed by atoms with Crippen LogP contribution in [0.2, 0.25) is 0 Å². The van der Waals surface area contributed by atoms with E-state index in [9.17, 15) is 22.0 Å². The zero-order valence-corrected chi connectivity index (χ0v) is 16.1. The van der Waals surface area contributed by atoms with Gasteiger partial charge in [-0.1, -0.05) is 18.2 Å². The highest BCUT2D eigenvalue weighted by molar-refractivity contribution is 7.89. The van der Waals surface area contributed by atoms with Gasteiger partial charge in [0, 0.05) is 5.56 Å². The van der Waals surface area contributed by atoms with E-state index in [1.165, 1.54) is 36.6 Å². The van der Waals surface area contributed by atoms with Crippen molar-refractivity contribution in [3.05, 3.63) is 88.9 Å². The molecule has 0 atom stereocenters. The summed E-state index contributed by atoms with van der Waals surface area (Å²) in [4.78, 5) is 12.2. The first-order valence-electron chi connectivity index (χ1n) is 8.50. The van der Waals surface area contributed by atoms with Crippen molar-refractivity contribution < 1.29 is 31.1 Å². The molecule has 0 bridgehead atoms. The van der Waals surface area contributed by atoms with Crippen molar-refractivity contribution in [3.63, 3.8) is 0 Å². The average Bonchev–Trinajstić information content (AvgIpc) is 3.21. The number of furan rings is 1. The van der Waals surface area contributed by atoms with Crippen molar-refractivity contribution in [2.24, 2.45) is 0 Å². The molecule has 0 aliphatic heterocycles. The second-order valence-corrected chi connectivity index (χ2v) is 7.94. The fraction of sp³-hybridized carbons (Fsp3) is 0.150. The Morgan fingerprint density at radius 3 is 2.66 bits per heavy atom. The predicted octanol–water partition coefficient (Wildman–Crippen LogP) is 3.70. The summed E-state index contributed by atoms with van der Waals surface area (Å²) >= 11 is 0. The molecule has 0 fully saturated rings. The third-order valence-corrected chi connectivity index (χ3v) is 5.55. The molecule has 0 saturated heterocycles. The van der Waals surface area contributed by atoms with Gasteiger partial charge in [-0.05, 0) is 42.8 Å². The molecule has 6 nitrogen and oxygen atoms in total. The first kappa shape index (κ1) is 20.7.